The number of allylic oxidation sites excluding steroid dienone is 4. The second-order valence-corrected chi connectivity index (χ2v) is 8.71. The van der Waals surface area contributed by atoms with Gasteiger partial charge in [-0.1, -0.05) is 26.7 Å². The van der Waals surface area contributed by atoms with Gasteiger partial charge in [-0.3, -0.25) is 14.4 Å². The van der Waals surface area contributed by atoms with Crippen molar-refractivity contribution in [1.29, 1.82) is 0 Å². The summed E-state index contributed by atoms with van der Waals surface area (Å²) in [5.74, 6) is -2.81. The maximum Gasteiger partial charge on any atom is 0.307 e. The van der Waals surface area contributed by atoms with E-state index in [4.69, 9.17) is 0 Å². The molecule has 1 aliphatic carbocycles. The first-order valence-electron chi connectivity index (χ1n) is 10.5. The number of aliphatic carboxylic acids is 1. The molecule has 33 heavy (non-hydrogen) atoms. The third-order valence-electron chi connectivity index (χ3n) is 6.23. The molecule has 0 fully saturated rings. The van der Waals surface area contributed by atoms with Gasteiger partial charge in [-0.05, 0) is 40.5 Å². The van der Waals surface area contributed by atoms with Crippen molar-refractivity contribution in [3.8, 4) is 0 Å². The smallest absolute Gasteiger partial charge is 0.307 e. The predicted octanol–water partition coefficient (Wildman–Crippen LogP) is 3.25. The van der Waals surface area contributed by atoms with E-state index in [-0.39, 0.29) is 54.0 Å². The van der Waals surface area contributed by atoms with E-state index in [0.717, 1.165) is 0 Å². The minimum atomic E-state index is -1.21. The van der Waals surface area contributed by atoms with Crippen LogP contribution in [0.1, 0.15) is 67.2 Å². The lowest BCUT2D eigenvalue weighted by molar-refractivity contribution is -0.798. The zero-order valence-electron chi connectivity index (χ0n) is 19.6. The third-order valence-corrected chi connectivity index (χ3v) is 6.23. The molecule has 0 saturated heterocycles. The van der Waals surface area contributed by atoms with Crippen molar-refractivity contribution in [2.75, 3.05) is 0 Å². The fourth-order valence-corrected chi connectivity index (χ4v) is 4.22. The van der Waals surface area contributed by atoms with Crippen LogP contribution in [-0.2, 0) is 24.1 Å². The number of hydrogen-bond acceptors (Lipinski definition) is 9. The van der Waals surface area contributed by atoms with Crippen molar-refractivity contribution in [2.24, 2.45) is 11.3 Å². The number of carboxylic acid groups (broad SMARTS) is 1. The number of carbonyl (C=O) groups is 3. The van der Waals surface area contributed by atoms with Crippen LogP contribution in [0.5, 0.6) is 0 Å². The van der Waals surface area contributed by atoms with Gasteiger partial charge < -0.3 is 14.8 Å². The summed E-state index contributed by atoms with van der Waals surface area (Å²) in [7, 11) is 0. The monoisotopic (exact) mass is 470 g/mol. The summed E-state index contributed by atoms with van der Waals surface area (Å²) in [6.45, 7) is 9.09. The molecule has 0 spiro atoms. The van der Waals surface area contributed by atoms with Gasteiger partial charge in [-0.2, -0.15) is 0 Å². The Morgan fingerprint density at radius 1 is 0.939 bits per heavy atom. The summed E-state index contributed by atoms with van der Waals surface area (Å²) >= 11 is 0. The number of hydrogen-bond donors (Lipinski definition) is 1. The second-order valence-electron chi connectivity index (χ2n) is 8.71. The quantitative estimate of drug-likeness (QED) is 0.182. The number of carbonyl (C=O) groups excluding carboxylic acids is 2. The minimum absolute atomic E-state index is 0.0168. The molecule has 0 aromatic carbocycles. The van der Waals surface area contributed by atoms with E-state index in [0.29, 0.717) is 5.57 Å². The van der Waals surface area contributed by atoms with Crippen LogP contribution in [0, 0.1) is 31.6 Å². The van der Waals surface area contributed by atoms with Crippen molar-refractivity contribution in [1.82, 2.24) is 0 Å². The molecule has 3 atom stereocenters. The van der Waals surface area contributed by atoms with Gasteiger partial charge in [-0.25, -0.2) is 0 Å². The van der Waals surface area contributed by atoms with Crippen molar-refractivity contribution in [3.05, 3.63) is 42.5 Å². The van der Waals surface area contributed by atoms with Gasteiger partial charge in [0, 0.05) is 27.7 Å². The van der Waals surface area contributed by atoms with Gasteiger partial charge in [0.05, 0.1) is 5.92 Å². The summed E-state index contributed by atoms with van der Waals surface area (Å²) in [6, 6.07) is 0. The van der Waals surface area contributed by atoms with Crippen LogP contribution < -0.4 is 0 Å². The van der Waals surface area contributed by atoms with Crippen molar-refractivity contribution in [2.45, 2.75) is 79.4 Å². The molecule has 0 amide bonds. The SMILES string of the molecule is CC1=C(C)C(=O)C(C(C)(C)C(CCCC[C@H](O[N+](=O)[O-])[C@@H](C)O[N+](=O)[O-])C(=O)O)=C(C)C1=O. The van der Waals surface area contributed by atoms with Gasteiger partial charge in [0.25, 0.3) is 10.2 Å². The fraction of sp³-hybridized carbons (Fsp3) is 0.667. The van der Waals surface area contributed by atoms with Gasteiger partial charge in [0.1, 0.15) is 12.2 Å². The number of ketones is 2. The number of rotatable bonds is 13. The van der Waals surface area contributed by atoms with E-state index < -0.39 is 39.7 Å². The summed E-state index contributed by atoms with van der Waals surface area (Å²) in [5, 5.41) is 28.9. The molecular formula is C21H30N2O10. The maximum absolute atomic E-state index is 12.9. The number of nitrogens with zero attached hydrogens (tertiary/aromatic N) is 2. The van der Waals surface area contributed by atoms with E-state index in [1.165, 1.54) is 20.8 Å². The molecule has 12 nitrogen and oxygen atoms in total. The van der Waals surface area contributed by atoms with Crippen LogP contribution in [-0.4, -0.2) is 45.0 Å². The van der Waals surface area contributed by atoms with E-state index >= 15 is 0 Å². The molecule has 1 rings (SSSR count). The molecule has 1 aliphatic rings. The van der Waals surface area contributed by atoms with Crippen LogP contribution in [0.15, 0.2) is 22.3 Å². The molecule has 1 unspecified atom stereocenters. The highest BCUT2D eigenvalue weighted by atomic mass is 17.0. The third kappa shape index (κ3) is 6.59. The molecule has 12 heteroatoms. The number of Topliss-reactive ketones (excluding diaryl/α,β-unsaturated/α-hetero) is 2. The van der Waals surface area contributed by atoms with E-state index in [1.807, 2.05) is 0 Å². The van der Waals surface area contributed by atoms with Gasteiger partial charge >= 0.3 is 5.97 Å². The molecule has 0 radical (unpaired) electrons. The lowest BCUT2D eigenvalue weighted by atomic mass is 9.65. The van der Waals surface area contributed by atoms with Gasteiger partial charge in [0.2, 0.25) is 0 Å². The van der Waals surface area contributed by atoms with Gasteiger partial charge in [-0.15, -0.1) is 20.2 Å². The Balaban J connectivity index is 2.99. The van der Waals surface area contributed by atoms with E-state index in [2.05, 4.69) is 9.68 Å². The average Bonchev–Trinajstić information content (AvgIpc) is 2.68. The van der Waals surface area contributed by atoms with Crippen LogP contribution in [0.3, 0.4) is 0 Å². The Morgan fingerprint density at radius 3 is 1.91 bits per heavy atom. The molecule has 0 saturated carbocycles. The first kappa shape index (κ1) is 27.7. The van der Waals surface area contributed by atoms with Crippen molar-refractivity contribution in [3.63, 3.8) is 0 Å². The first-order chi connectivity index (χ1) is 15.1. The zero-order valence-corrected chi connectivity index (χ0v) is 19.6. The lowest BCUT2D eigenvalue weighted by Crippen LogP contribution is -2.39. The Morgan fingerprint density at radius 2 is 1.42 bits per heavy atom. The largest absolute Gasteiger partial charge is 0.481 e. The standard InChI is InChI=1S/C21H30N2O10/c1-11-12(2)19(25)17(13(3)18(11)24)21(5,6)15(20(26)27)9-7-8-10-16(33-23(30)31)14(4)32-22(28)29/h14-16H,7-10H2,1-6H3,(H,26,27)/t14-,15?,16+/m1/s1. The first-order valence-corrected chi connectivity index (χ1v) is 10.5. The Kier molecular flexibility index (Phi) is 9.25. The Hall–Kier alpha value is -3.31. The summed E-state index contributed by atoms with van der Waals surface area (Å²) in [4.78, 5) is 67.6. The molecular weight excluding hydrogens is 440 g/mol. The number of carboxylic acids is 1. The summed E-state index contributed by atoms with van der Waals surface area (Å²) in [6.07, 6.45) is -1.74. The number of unbranched alkanes of at least 4 members (excludes halogenated alkanes) is 1. The zero-order chi connectivity index (χ0) is 25.7. The normalized spacial score (nSPS) is 17.5. The maximum atomic E-state index is 12.9. The predicted molar refractivity (Wildman–Crippen MR) is 114 cm³/mol. The second kappa shape index (κ2) is 11.0. The van der Waals surface area contributed by atoms with Gasteiger partial charge in [0.15, 0.2) is 11.6 Å². The topological polar surface area (TPSA) is 176 Å². The molecule has 0 aliphatic heterocycles. The highest BCUT2D eigenvalue weighted by molar-refractivity contribution is 6.25. The fourth-order valence-electron chi connectivity index (χ4n) is 4.22. The van der Waals surface area contributed by atoms with Crippen LogP contribution in [0.2, 0.25) is 0 Å². The molecule has 0 bridgehead atoms. The van der Waals surface area contributed by atoms with Crippen molar-refractivity contribution >= 4 is 17.5 Å². The highest BCUT2D eigenvalue weighted by Gasteiger charge is 2.44. The van der Waals surface area contributed by atoms with E-state index in [9.17, 15) is 39.7 Å². The average molecular weight is 470 g/mol. The molecule has 0 aromatic rings. The molecule has 184 valence electrons. The van der Waals surface area contributed by atoms with E-state index in [1.54, 1.807) is 20.8 Å². The summed E-state index contributed by atoms with van der Waals surface area (Å²) in [5.41, 5.74) is -0.136. The molecule has 0 aromatic heterocycles. The molecule has 0 heterocycles. The van der Waals surface area contributed by atoms with Crippen molar-refractivity contribution < 1.29 is 39.3 Å². The molecule has 1 N–H and O–H groups in total. The Bertz CT molecular complexity index is 903. The minimum Gasteiger partial charge on any atom is -0.481 e. The van der Waals surface area contributed by atoms with Crippen LogP contribution in [0.4, 0.5) is 0 Å². The summed E-state index contributed by atoms with van der Waals surface area (Å²) < 4.78 is 0. The lowest BCUT2D eigenvalue weighted by Gasteiger charge is -2.36. The van der Waals surface area contributed by atoms with Crippen LogP contribution >= 0.6 is 0 Å². The Labute approximate surface area is 190 Å². The highest BCUT2D eigenvalue weighted by Crippen LogP contribution is 2.43. The van der Waals surface area contributed by atoms with Crippen LogP contribution in [0.25, 0.3) is 0 Å².